The summed E-state index contributed by atoms with van der Waals surface area (Å²) in [6, 6.07) is 5.71. The van der Waals surface area contributed by atoms with Crippen molar-refractivity contribution in [3.63, 3.8) is 0 Å². The van der Waals surface area contributed by atoms with E-state index in [1.165, 1.54) is 5.56 Å². The van der Waals surface area contributed by atoms with E-state index in [1.54, 1.807) is 6.07 Å². The fourth-order valence-corrected chi connectivity index (χ4v) is 2.67. The average Bonchev–Trinajstić information content (AvgIpc) is 2.61. The van der Waals surface area contributed by atoms with Crippen LogP contribution in [0.2, 0.25) is 0 Å². The van der Waals surface area contributed by atoms with E-state index < -0.39 is 0 Å². The van der Waals surface area contributed by atoms with Crippen LogP contribution in [0.4, 0.5) is 0 Å². The Morgan fingerprint density at radius 2 is 2.33 bits per heavy atom. The molecule has 3 nitrogen and oxygen atoms in total. The molecular weight excluding hydrogens is 190 g/mol. The highest BCUT2D eigenvalue weighted by Gasteiger charge is 2.41. The summed E-state index contributed by atoms with van der Waals surface area (Å²) in [7, 11) is 0. The third-order valence-electron chi connectivity index (χ3n) is 3.48. The Balaban J connectivity index is 2.06. The third-order valence-corrected chi connectivity index (χ3v) is 3.48. The largest absolute Gasteiger partial charge is 0.508 e. The molecule has 1 fully saturated rings. The van der Waals surface area contributed by atoms with E-state index >= 15 is 0 Å². The number of fused-ring (bicyclic) bond motifs is 2. The number of phenolic OH excluding ortho intramolecular Hbond substituents is 1. The van der Waals surface area contributed by atoms with Crippen molar-refractivity contribution in [2.75, 3.05) is 13.1 Å². The Morgan fingerprint density at radius 1 is 1.40 bits per heavy atom. The zero-order valence-corrected chi connectivity index (χ0v) is 8.62. The lowest BCUT2D eigenvalue weighted by Crippen LogP contribution is -2.43. The monoisotopic (exact) mass is 205 g/mol. The Bertz CT molecular complexity index is 383. The minimum absolute atomic E-state index is 0.174. The van der Waals surface area contributed by atoms with Crippen LogP contribution in [-0.2, 0) is 16.9 Å². The second-order valence-corrected chi connectivity index (χ2v) is 4.37. The van der Waals surface area contributed by atoms with Crippen LogP contribution in [0, 0.1) is 0 Å². The number of hydrogen-bond donors (Lipinski definition) is 2. The van der Waals surface area contributed by atoms with Gasteiger partial charge in [-0.1, -0.05) is 12.1 Å². The van der Waals surface area contributed by atoms with E-state index in [0.29, 0.717) is 12.4 Å². The maximum absolute atomic E-state index is 9.74. The van der Waals surface area contributed by atoms with Gasteiger partial charge in [0.1, 0.15) is 11.4 Å². The summed E-state index contributed by atoms with van der Waals surface area (Å²) >= 11 is 0. The molecule has 0 aromatic heterocycles. The normalized spacial score (nSPS) is 29.3. The predicted octanol–water partition coefficient (Wildman–Crippen LogP) is 1.50. The first-order valence-corrected chi connectivity index (χ1v) is 5.48. The van der Waals surface area contributed by atoms with Crippen LogP contribution in [0.1, 0.15) is 24.0 Å². The number of rotatable bonds is 0. The standard InChI is InChI=1S/C12H15NO2/c14-11-4-1-3-10-9(11)7-15-12(10)5-2-6-13-8-12/h1,3-4,13-14H,2,5-8H2. The molecule has 2 N–H and O–H groups in total. The SMILES string of the molecule is Oc1cccc2c1COC21CCCNC1. The summed E-state index contributed by atoms with van der Waals surface area (Å²) in [5.41, 5.74) is 1.97. The highest BCUT2D eigenvalue weighted by atomic mass is 16.5. The van der Waals surface area contributed by atoms with Gasteiger partial charge in [0.2, 0.25) is 0 Å². The van der Waals surface area contributed by atoms with E-state index in [2.05, 4.69) is 11.4 Å². The van der Waals surface area contributed by atoms with Gasteiger partial charge in [-0.3, -0.25) is 0 Å². The van der Waals surface area contributed by atoms with Gasteiger partial charge in [-0.2, -0.15) is 0 Å². The Labute approximate surface area is 89.1 Å². The van der Waals surface area contributed by atoms with Crippen molar-refractivity contribution in [3.8, 4) is 5.75 Å². The van der Waals surface area contributed by atoms with Crippen LogP contribution in [0.3, 0.4) is 0 Å². The zero-order chi connectivity index (χ0) is 10.3. The first kappa shape index (κ1) is 9.19. The van der Waals surface area contributed by atoms with Crippen LogP contribution >= 0.6 is 0 Å². The molecule has 0 bridgehead atoms. The maximum atomic E-state index is 9.74. The van der Waals surface area contributed by atoms with Crippen molar-refractivity contribution in [1.29, 1.82) is 0 Å². The van der Waals surface area contributed by atoms with Gasteiger partial charge in [0, 0.05) is 12.1 Å². The topological polar surface area (TPSA) is 41.5 Å². The molecule has 0 radical (unpaired) electrons. The number of phenols is 1. The number of hydrogen-bond acceptors (Lipinski definition) is 3. The van der Waals surface area contributed by atoms with E-state index in [9.17, 15) is 5.11 Å². The summed E-state index contributed by atoms with van der Waals surface area (Å²) in [6.45, 7) is 2.48. The summed E-state index contributed by atoms with van der Waals surface area (Å²) in [5, 5.41) is 13.1. The summed E-state index contributed by atoms with van der Waals surface area (Å²) in [4.78, 5) is 0. The van der Waals surface area contributed by atoms with Crippen molar-refractivity contribution < 1.29 is 9.84 Å². The van der Waals surface area contributed by atoms with Crippen LogP contribution in [-0.4, -0.2) is 18.2 Å². The first-order valence-electron chi connectivity index (χ1n) is 5.48. The third kappa shape index (κ3) is 1.27. The molecule has 80 valence electrons. The van der Waals surface area contributed by atoms with Crippen LogP contribution in [0.25, 0.3) is 0 Å². The fraction of sp³-hybridized carbons (Fsp3) is 0.500. The second-order valence-electron chi connectivity index (χ2n) is 4.37. The van der Waals surface area contributed by atoms with Crippen LogP contribution in [0.5, 0.6) is 5.75 Å². The van der Waals surface area contributed by atoms with E-state index in [4.69, 9.17) is 4.74 Å². The van der Waals surface area contributed by atoms with Gasteiger partial charge < -0.3 is 15.2 Å². The second kappa shape index (κ2) is 3.22. The zero-order valence-electron chi connectivity index (χ0n) is 8.62. The van der Waals surface area contributed by atoms with Crippen molar-refractivity contribution in [2.45, 2.75) is 25.0 Å². The summed E-state index contributed by atoms with van der Waals surface area (Å²) < 4.78 is 5.91. The molecule has 1 aromatic carbocycles. The number of benzene rings is 1. The molecule has 2 aliphatic rings. The van der Waals surface area contributed by atoms with Gasteiger partial charge in [0.15, 0.2) is 0 Å². The number of piperidine rings is 1. The van der Waals surface area contributed by atoms with Crippen LogP contribution < -0.4 is 5.32 Å². The van der Waals surface area contributed by atoms with Gasteiger partial charge in [0.05, 0.1) is 6.61 Å². The smallest absolute Gasteiger partial charge is 0.121 e. The quantitative estimate of drug-likeness (QED) is 0.674. The first-order chi connectivity index (χ1) is 7.32. The molecule has 3 heteroatoms. The molecule has 1 aromatic rings. The lowest BCUT2D eigenvalue weighted by molar-refractivity contribution is -0.0537. The van der Waals surface area contributed by atoms with Gasteiger partial charge in [-0.15, -0.1) is 0 Å². The molecule has 3 rings (SSSR count). The molecule has 0 aliphatic carbocycles. The van der Waals surface area contributed by atoms with E-state index in [0.717, 1.165) is 31.5 Å². The summed E-state index contributed by atoms with van der Waals surface area (Å²) in [5.74, 6) is 0.370. The minimum atomic E-state index is -0.174. The molecule has 2 heterocycles. The lowest BCUT2D eigenvalue weighted by Gasteiger charge is -2.34. The highest BCUT2D eigenvalue weighted by molar-refractivity contribution is 5.45. The van der Waals surface area contributed by atoms with Crippen molar-refractivity contribution in [1.82, 2.24) is 5.32 Å². The van der Waals surface area contributed by atoms with Gasteiger partial charge in [-0.05, 0) is 31.0 Å². The van der Waals surface area contributed by atoms with E-state index in [1.807, 2.05) is 6.07 Å². The molecule has 0 saturated carbocycles. The van der Waals surface area contributed by atoms with Crippen molar-refractivity contribution in [3.05, 3.63) is 29.3 Å². The van der Waals surface area contributed by atoms with Crippen LogP contribution in [0.15, 0.2) is 18.2 Å². The van der Waals surface area contributed by atoms with Gasteiger partial charge in [0.25, 0.3) is 0 Å². The minimum Gasteiger partial charge on any atom is -0.508 e. The van der Waals surface area contributed by atoms with Crippen molar-refractivity contribution >= 4 is 0 Å². The number of aromatic hydroxyl groups is 1. The molecular formula is C12H15NO2. The average molecular weight is 205 g/mol. The van der Waals surface area contributed by atoms with E-state index in [-0.39, 0.29) is 5.60 Å². The fourth-order valence-electron chi connectivity index (χ4n) is 2.67. The van der Waals surface area contributed by atoms with Crippen molar-refractivity contribution in [2.24, 2.45) is 0 Å². The molecule has 15 heavy (non-hydrogen) atoms. The molecule has 1 saturated heterocycles. The molecule has 1 atom stereocenters. The molecule has 1 unspecified atom stereocenters. The molecule has 2 aliphatic heterocycles. The Morgan fingerprint density at radius 3 is 3.13 bits per heavy atom. The highest BCUT2D eigenvalue weighted by Crippen LogP contribution is 2.43. The maximum Gasteiger partial charge on any atom is 0.121 e. The number of ether oxygens (including phenoxy) is 1. The molecule has 0 amide bonds. The predicted molar refractivity (Wildman–Crippen MR) is 56.7 cm³/mol. The lowest BCUT2D eigenvalue weighted by atomic mass is 9.86. The summed E-state index contributed by atoms with van der Waals surface area (Å²) in [6.07, 6.45) is 2.19. The Hall–Kier alpha value is -1.06. The molecule has 1 spiro atoms. The van der Waals surface area contributed by atoms with Gasteiger partial charge in [-0.25, -0.2) is 0 Å². The Kier molecular flexibility index (Phi) is 1.97. The number of nitrogens with one attached hydrogen (secondary N) is 1. The van der Waals surface area contributed by atoms with Gasteiger partial charge >= 0.3 is 0 Å².